The molecule has 0 fully saturated rings. The van der Waals surface area contributed by atoms with Crippen LogP contribution in [0.4, 0.5) is 5.69 Å². The van der Waals surface area contributed by atoms with Gasteiger partial charge >= 0.3 is 0 Å². The molecule has 0 saturated heterocycles. The molecule has 0 aliphatic carbocycles. The van der Waals surface area contributed by atoms with Gasteiger partial charge in [-0.1, -0.05) is 25.0 Å². The van der Waals surface area contributed by atoms with Crippen molar-refractivity contribution in [3.8, 4) is 29.9 Å². The summed E-state index contributed by atoms with van der Waals surface area (Å²) in [5, 5.41) is 12.1. The van der Waals surface area contributed by atoms with Crippen LogP contribution in [0, 0.1) is 23.7 Å². The molecule has 5 nitrogen and oxygen atoms in total. The summed E-state index contributed by atoms with van der Waals surface area (Å²) < 4.78 is 11.4. The van der Waals surface area contributed by atoms with Gasteiger partial charge in [-0.25, -0.2) is 0 Å². The molecule has 0 aliphatic rings. The molecule has 0 unspecified atom stereocenters. The third-order valence-electron chi connectivity index (χ3n) is 3.85. The molecular formula is C22H19BrN2O3. The SMILES string of the molecule is C#CCOc1c(Br)cc(/C=C(\C#N)C(=O)Nc2ccc(CC)cc2)cc1OC. The lowest BCUT2D eigenvalue weighted by Gasteiger charge is -2.12. The van der Waals surface area contributed by atoms with Crippen LogP contribution in [0.1, 0.15) is 18.1 Å². The number of rotatable bonds is 7. The minimum absolute atomic E-state index is 0.0363. The topological polar surface area (TPSA) is 71.3 Å². The normalized spacial score (nSPS) is 10.5. The molecule has 1 amide bonds. The molecule has 0 atom stereocenters. The number of nitriles is 1. The first kappa shape index (κ1) is 21.1. The number of halogens is 1. The van der Waals surface area contributed by atoms with E-state index < -0.39 is 5.91 Å². The average Bonchev–Trinajstić information content (AvgIpc) is 2.71. The highest BCUT2D eigenvalue weighted by Crippen LogP contribution is 2.37. The van der Waals surface area contributed by atoms with Crippen molar-refractivity contribution in [2.45, 2.75) is 13.3 Å². The van der Waals surface area contributed by atoms with E-state index in [0.717, 1.165) is 12.0 Å². The highest BCUT2D eigenvalue weighted by atomic mass is 79.9. The van der Waals surface area contributed by atoms with E-state index in [9.17, 15) is 10.1 Å². The van der Waals surface area contributed by atoms with Crippen molar-refractivity contribution in [1.29, 1.82) is 5.26 Å². The van der Waals surface area contributed by atoms with Crippen LogP contribution in [-0.4, -0.2) is 19.6 Å². The van der Waals surface area contributed by atoms with E-state index >= 15 is 0 Å². The number of hydrogen-bond acceptors (Lipinski definition) is 4. The lowest BCUT2D eigenvalue weighted by Crippen LogP contribution is -2.13. The van der Waals surface area contributed by atoms with Crippen molar-refractivity contribution >= 4 is 33.6 Å². The summed E-state index contributed by atoms with van der Waals surface area (Å²) in [4.78, 5) is 12.5. The zero-order chi connectivity index (χ0) is 20.5. The highest BCUT2D eigenvalue weighted by Gasteiger charge is 2.14. The first-order chi connectivity index (χ1) is 13.5. The summed E-state index contributed by atoms with van der Waals surface area (Å²) >= 11 is 3.40. The molecule has 2 rings (SSSR count). The molecule has 0 bridgehead atoms. The van der Waals surface area contributed by atoms with Gasteiger partial charge in [-0.15, -0.1) is 6.42 Å². The molecular weight excluding hydrogens is 420 g/mol. The number of carbonyl (C=O) groups excluding carboxylic acids is 1. The fourth-order valence-electron chi connectivity index (χ4n) is 2.41. The van der Waals surface area contributed by atoms with Crippen molar-refractivity contribution in [3.05, 3.63) is 57.6 Å². The average molecular weight is 439 g/mol. The van der Waals surface area contributed by atoms with Crippen LogP contribution < -0.4 is 14.8 Å². The maximum atomic E-state index is 12.5. The van der Waals surface area contributed by atoms with Gasteiger partial charge in [0.25, 0.3) is 5.91 Å². The molecule has 0 radical (unpaired) electrons. The predicted octanol–water partition coefficient (Wildman–Crippen LogP) is 4.58. The van der Waals surface area contributed by atoms with Gasteiger partial charge in [0.1, 0.15) is 18.2 Å². The van der Waals surface area contributed by atoms with Crippen molar-refractivity contribution in [3.63, 3.8) is 0 Å². The molecule has 0 saturated carbocycles. The molecule has 142 valence electrons. The fourth-order valence-corrected chi connectivity index (χ4v) is 2.99. The monoisotopic (exact) mass is 438 g/mol. The number of hydrogen-bond donors (Lipinski definition) is 1. The lowest BCUT2D eigenvalue weighted by molar-refractivity contribution is -0.112. The number of aryl methyl sites for hydroxylation is 1. The van der Waals surface area contributed by atoms with Crippen LogP contribution >= 0.6 is 15.9 Å². The first-order valence-electron chi connectivity index (χ1n) is 8.48. The Kier molecular flexibility index (Phi) is 7.68. The molecule has 2 aromatic carbocycles. The van der Waals surface area contributed by atoms with Gasteiger partial charge in [0.15, 0.2) is 11.5 Å². The maximum Gasteiger partial charge on any atom is 0.266 e. The van der Waals surface area contributed by atoms with Crippen molar-refractivity contribution < 1.29 is 14.3 Å². The standard InChI is InChI=1S/C22H19BrN2O3/c1-4-10-28-21-19(23)12-16(13-20(21)27-3)11-17(14-24)22(26)25-18-8-6-15(5-2)7-9-18/h1,6-9,11-13H,5,10H2,2-3H3,(H,25,26)/b17-11+. The van der Waals surface area contributed by atoms with Gasteiger partial charge in [-0.3, -0.25) is 4.79 Å². The Balaban J connectivity index is 2.27. The molecule has 0 aromatic heterocycles. The number of nitrogens with zero attached hydrogens (tertiary/aromatic N) is 1. The van der Waals surface area contributed by atoms with E-state index in [1.54, 1.807) is 12.1 Å². The zero-order valence-corrected chi connectivity index (χ0v) is 17.2. The number of carbonyl (C=O) groups is 1. The van der Waals surface area contributed by atoms with Crippen LogP contribution in [0.25, 0.3) is 6.08 Å². The number of anilines is 1. The van der Waals surface area contributed by atoms with Crippen LogP contribution in [-0.2, 0) is 11.2 Å². The minimum atomic E-state index is -0.491. The molecule has 0 spiro atoms. The zero-order valence-electron chi connectivity index (χ0n) is 15.6. The van der Waals surface area contributed by atoms with Gasteiger partial charge in [-0.2, -0.15) is 5.26 Å². The number of nitrogens with one attached hydrogen (secondary N) is 1. The fraction of sp³-hybridized carbons (Fsp3) is 0.182. The third-order valence-corrected chi connectivity index (χ3v) is 4.44. The van der Waals surface area contributed by atoms with Crippen molar-refractivity contribution in [2.75, 3.05) is 19.0 Å². The molecule has 2 aromatic rings. The summed E-state index contributed by atoms with van der Waals surface area (Å²) in [7, 11) is 1.50. The second-order valence-corrected chi connectivity index (χ2v) is 6.56. The summed E-state index contributed by atoms with van der Waals surface area (Å²) in [6.45, 7) is 2.15. The van der Waals surface area contributed by atoms with Crippen molar-refractivity contribution in [2.24, 2.45) is 0 Å². The van der Waals surface area contributed by atoms with Gasteiger partial charge < -0.3 is 14.8 Å². The molecule has 1 N–H and O–H groups in total. The number of terminal acetylenes is 1. The third kappa shape index (κ3) is 5.39. The van der Waals surface area contributed by atoms with Crippen LogP contribution in [0.5, 0.6) is 11.5 Å². The number of ether oxygens (including phenoxy) is 2. The van der Waals surface area contributed by atoms with Gasteiger partial charge in [0.2, 0.25) is 0 Å². The maximum absolute atomic E-state index is 12.5. The Bertz CT molecular complexity index is 967. The lowest BCUT2D eigenvalue weighted by atomic mass is 10.1. The Hall–Kier alpha value is -3.22. The van der Waals surface area contributed by atoms with E-state index in [1.807, 2.05) is 30.3 Å². The second-order valence-electron chi connectivity index (χ2n) is 5.70. The second kappa shape index (κ2) is 10.2. The highest BCUT2D eigenvalue weighted by molar-refractivity contribution is 9.10. The summed E-state index contributed by atoms with van der Waals surface area (Å²) in [5.74, 6) is 2.79. The summed E-state index contributed by atoms with van der Waals surface area (Å²) in [6, 6.07) is 12.8. The first-order valence-corrected chi connectivity index (χ1v) is 9.27. The minimum Gasteiger partial charge on any atom is -0.493 e. The molecule has 28 heavy (non-hydrogen) atoms. The summed E-state index contributed by atoms with van der Waals surface area (Å²) in [5.41, 5.74) is 2.36. The Morgan fingerprint density at radius 3 is 2.61 bits per heavy atom. The van der Waals surface area contributed by atoms with Crippen LogP contribution in [0.3, 0.4) is 0 Å². The quantitative estimate of drug-likeness (QED) is 0.390. The molecule has 6 heteroatoms. The predicted molar refractivity (Wildman–Crippen MR) is 113 cm³/mol. The number of methoxy groups -OCH3 is 1. The van der Waals surface area contributed by atoms with E-state index in [1.165, 1.54) is 13.2 Å². The van der Waals surface area contributed by atoms with Gasteiger partial charge in [0, 0.05) is 5.69 Å². The Morgan fingerprint density at radius 1 is 1.32 bits per heavy atom. The molecule has 0 heterocycles. The number of amides is 1. The smallest absolute Gasteiger partial charge is 0.266 e. The largest absolute Gasteiger partial charge is 0.493 e. The van der Waals surface area contributed by atoms with E-state index in [4.69, 9.17) is 15.9 Å². The van der Waals surface area contributed by atoms with Crippen molar-refractivity contribution in [1.82, 2.24) is 0 Å². The Morgan fingerprint density at radius 2 is 2.04 bits per heavy atom. The van der Waals surface area contributed by atoms with Gasteiger partial charge in [0.05, 0.1) is 11.6 Å². The van der Waals surface area contributed by atoms with E-state index in [-0.39, 0.29) is 12.2 Å². The van der Waals surface area contributed by atoms with Crippen LogP contribution in [0.15, 0.2) is 46.4 Å². The Labute approximate surface area is 173 Å². The summed E-state index contributed by atoms with van der Waals surface area (Å²) in [6.07, 6.45) is 7.62. The number of benzene rings is 2. The van der Waals surface area contributed by atoms with Crippen LogP contribution in [0.2, 0.25) is 0 Å². The van der Waals surface area contributed by atoms with E-state index in [2.05, 4.69) is 34.1 Å². The van der Waals surface area contributed by atoms with E-state index in [0.29, 0.717) is 27.2 Å². The molecule has 0 aliphatic heterocycles. The van der Waals surface area contributed by atoms with Gasteiger partial charge in [-0.05, 0) is 63.8 Å².